The number of hydrogen-bond acceptors (Lipinski definition) is 2. The van der Waals surface area contributed by atoms with Gasteiger partial charge in [-0.3, -0.25) is 0 Å². The summed E-state index contributed by atoms with van der Waals surface area (Å²) in [6.07, 6.45) is 2.06. The third kappa shape index (κ3) is 3.74. The largest absolute Gasteiger partial charge is 0.330 e. The summed E-state index contributed by atoms with van der Waals surface area (Å²) >= 11 is 1.67. The van der Waals surface area contributed by atoms with Crippen LogP contribution in [0.1, 0.15) is 22.4 Å². The second kappa shape index (κ2) is 6.24. The highest BCUT2D eigenvalue weighted by Gasteiger charge is 1.93. The van der Waals surface area contributed by atoms with Crippen molar-refractivity contribution in [3.05, 3.63) is 57.8 Å². The maximum absolute atomic E-state index is 5.51. The molecule has 0 unspecified atom stereocenters. The Morgan fingerprint density at radius 2 is 2.06 bits per heavy atom. The first-order chi connectivity index (χ1) is 8.38. The van der Waals surface area contributed by atoms with Crippen molar-refractivity contribution in [1.82, 2.24) is 0 Å². The molecule has 2 aromatic rings. The summed E-state index contributed by atoms with van der Waals surface area (Å²) in [5.74, 6) is 6.36. The molecule has 0 radical (unpaired) electrons. The van der Waals surface area contributed by atoms with E-state index in [4.69, 9.17) is 5.73 Å². The molecule has 0 saturated heterocycles. The van der Waals surface area contributed by atoms with Crippen molar-refractivity contribution in [2.75, 3.05) is 6.54 Å². The molecule has 1 nitrogen and oxygen atoms in total. The van der Waals surface area contributed by atoms with Crippen LogP contribution in [-0.4, -0.2) is 6.54 Å². The van der Waals surface area contributed by atoms with Crippen LogP contribution in [0.15, 0.2) is 41.8 Å². The van der Waals surface area contributed by atoms with E-state index in [1.807, 2.05) is 23.6 Å². The van der Waals surface area contributed by atoms with Gasteiger partial charge in [0.2, 0.25) is 0 Å². The van der Waals surface area contributed by atoms with Gasteiger partial charge in [-0.25, -0.2) is 0 Å². The standard InChI is InChI=1S/C15H15NS/c16-10-2-6-13-4-1-5-14(12-13)8-9-15-7-3-11-17-15/h1,3-5,7,11-12H,2,6,10,16H2. The molecule has 0 bridgehead atoms. The lowest BCUT2D eigenvalue weighted by Crippen LogP contribution is -2.00. The molecule has 1 heterocycles. The molecule has 0 atom stereocenters. The minimum atomic E-state index is 0.741. The summed E-state index contributed by atoms with van der Waals surface area (Å²) in [5, 5.41) is 2.04. The Morgan fingerprint density at radius 3 is 2.82 bits per heavy atom. The Kier molecular flexibility index (Phi) is 4.37. The maximum Gasteiger partial charge on any atom is 0.0772 e. The molecule has 17 heavy (non-hydrogen) atoms. The van der Waals surface area contributed by atoms with Crippen LogP contribution in [0, 0.1) is 11.8 Å². The zero-order chi connectivity index (χ0) is 11.9. The topological polar surface area (TPSA) is 26.0 Å². The van der Waals surface area contributed by atoms with E-state index in [2.05, 4.69) is 30.0 Å². The Bertz CT molecular complexity index is 517. The molecule has 1 aromatic heterocycles. The van der Waals surface area contributed by atoms with Gasteiger partial charge in [0.15, 0.2) is 0 Å². The lowest BCUT2D eigenvalue weighted by Gasteiger charge is -1.99. The van der Waals surface area contributed by atoms with Crippen molar-refractivity contribution in [3.63, 3.8) is 0 Å². The summed E-state index contributed by atoms with van der Waals surface area (Å²) in [6.45, 7) is 0.741. The third-order valence-electron chi connectivity index (χ3n) is 2.45. The molecule has 0 amide bonds. The number of thiophene rings is 1. The van der Waals surface area contributed by atoms with Gasteiger partial charge in [0.25, 0.3) is 0 Å². The molecule has 0 saturated carbocycles. The van der Waals surface area contributed by atoms with Gasteiger partial charge in [-0.2, -0.15) is 0 Å². The van der Waals surface area contributed by atoms with E-state index >= 15 is 0 Å². The predicted molar refractivity (Wildman–Crippen MR) is 74.1 cm³/mol. The van der Waals surface area contributed by atoms with Gasteiger partial charge in [0.05, 0.1) is 4.88 Å². The average molecular weight is 241 g/mol. The zero-order valence-electron chi connectivity index (χ0n) is 9.65. The summed E-state index contributed by atoms with van der Waals surface area (Å²) in [5.41, 5.74) is 7.90. The normalized spacial score (nSPS) is 9.71. The molecular formula is C15H15NS. The van der Waals surface area contributed by atoms with E-state index in [0.717, 1.165) is 29.8 Å². The van der Waals surface area contributed by atoms with Crippen LogP contribution in [0.4, 0.5) is 0 Å². The van der Waals surface area contributed by atoms with Gasteiger partial charge in [-0.05, 0) is 48.5 Å². The lowest BCUT2D eigenvalue weighted by molar-refractivity contribution is 0.832. The van der Waals surface area contributed by atoms with E-state index < -0.39 is 0 Å². The zero-order valence-corrected chi connectivity index (χ0v) is 10.5. The molecule has 0 aliphatic heterocycles. The maximum atomic E-state index is 5.51. The van der Waals surface area contributed by atoms with Gasteiger partial charge in [0, 0.05) is 5.56 Å². The molecule has 2 heteroatoms. The van der Waals surface area contributed by atoms with Crippen LogP contribution in [0.3, 0.4) is 0 Å². The molecule has 1 aromatic carbocycles. The van der Waals surface area contributed by atoms with Crippen molar-refractivity contribution in [1.29, 1.82) is 0 Å². The van der Waals surface area contributed by atoms with Gasteiger partial charge >= 0.3 is 0 Å². The second-order valence-electron chi connectivity index (χ2n) is 3.82. The number of benzene rings is 1. The lowest BCUT2D eigenvalue weighted by atomic mass is 10.1. The number of hydrogen-bond donors (Lipinski definition) is 1. The van der Waals surface area contributed by atoms with Crippen LogP contribution >= 0.6 is 11.3 Å². The van der Waals surface area contributed by atoms with Crippen molar-refractivity contribution in [3.8, 4) is 11.8 Å². The predicted octanol–water partition coefficient (Wildman–Crippen LogP) is 3.04. The number of aryl methyl sites for hydroxylation is 1. The molecule has 2 N–H and O–H groups in total. The van der Waals surface area contributed by atoms with Crippen LogP contribution in [0.2, 0.25) is 0 Å². The first kappa shape index (κ1) is 11.9. The van der Waals surface area contributed by atoms with Gasteiger partial charge in [-0.1, -0.05) is 30.0 Å². The van der Waals surface area contributed by atoms with E-state index in [-0.39, 0.29) is 0 Å². The monoisotopic (exact) mass is 241 g/mol. The molecule has 86 valence electrons. The SMILES string of the molecule is NCCCc1cccc(C#Cc2cccs2)c1. The fraction of sp³-hybridized carbons (Fsp3) is 0.200. The average Bonchev–Trinajstić information content (AvgIpc) is 2.87. The molecule has 2 rings (SSSR count). The Morgan fingerprint density at radius 1 is 1.12 bits per heavy atom. The fourth-order valence-corrected chi connectivity index (χ4v) is 2.17. The summed E-state index contributed by atoms with van der Waals surface area (Å²) in [7, 11) is 0. The summed E-state index contributed by atoms with van der Waals surface area (Å²) in [6, 6.07) is 12.4. The van der Waals surface area contributed by atoms with Crippen molar-refractivity contribution >= 4 is 11.3 Å². The van der Waals surface area contributed by atoms with E-state index in [1.54, 1.807) is 11.3 Å². The van der Waals surface area contributed by atoms with Crippen molar-refractivity contribution in [2.45, 2.75) is 12.8 Å². The van der Waals surface area contributed by atoms with Crippen molar-refractivity contribution in [2.24, 2.45) is 5.73 Å². The Hall–Kier alpha value is -1.56. The van der Waals surface area contributed by atoms with E-state index in [0.29, 0.717) is 0 Å². The summed E-state index contributed by atoms with van der Waals surface area (Å²) in [4.78, 5) is 1.11. The minimum absolute atomic E-state index is 0.741. The number of rotatable bonds is 3. The summed E-state index contributed by atoms with van der Waals surface area (Å²) < 4.78 is 0. The molecular weight excluding hydrogens is 226 g/mol. The number of nitrogens with two attached hydrogens (primary N) is 1. The van der Waals surface area contributed by atoms with Crippen molar-refractivity contribution < 1.29 is 0 Å². The van der Waals surface area contributed by atoms with Gasteiger partial charge in [0.1, 0.15) is 0 Å². The van der Waals surface area contributed by atoms with Gasteiger partial charge in [-0.15, -0.1) is 11.3 Å². The molecule has 0 aliphatic rings. The quantitative estimate of drug-likeness (QED) is 0.821. The smallest absolute Gasteiger partial charge is 0.0772 e. The Labute approximate surface area is 106 Å². The minimum Gasteiger partial charge on any atom is -0.330 e. The molecule has 0 aliphatic carbocycles. The Balaban J connectivity index is 2.11. The molecule has 0 fully saturated rings. The highest BCUT2D eigenvalue weighted by molar-refractivity contribution is 7.10. The van der Waals surface area contributed by atoms with Crippen LogP contribution in [0.25, 0.3) is 0 Å². The first-order valence-electron chi connectivity index (χ1n) is 5.73. The van der Waals surface area contributed by atoms with Gasteiger partial charge < -0.3 is 5.73 Å². The van der Waals surface area contributed by atoms with E-state index in [1.165, 1.54) is 5.56 Å². The van der Waals surface area contributed by atoms with E-state index in [9.17, 15) is 0 Å². The van der Waals surface area contributed by atoms with Crippen LogP contribution in [0.5, 0.6) is 0 Å². The fourth-order valence-electron chi connectivity index (χ4n) is 1.59. The van der Waals surface area contributed by atoms with Crippen LogP contribution < -0.4 is 5.73 Å². The third-order valence-corrected chi connectivity index (χ3v) is 3.23. The highest BCUT2D eigenvalue weighted by Crippen LogP contribution is 2.09. The second-order valence-corrected chi connectivity index (χ2v) is 4.77. The first-order valence-corrected chi connectivity index (χ1v) is 6.61. The molecule has 0 spiro atoms. The highest BCUT2D eigenvalue weighted by atomic mass is 32.1. The van der Waals surface area contributed by atoms with Crippen LogP contribution in [-0.2, 0) is 6.42 Å².